The highest BCUT2D eigenvalue weighted by Crippen LogP contribution is 2.23. The van der Waals surface area contributed by atoms with Crippen LogP contribution in [0.25, 0.3) is 0 Å². The molecule has 25 heavy (non-hydrogen) atoms. The molecule has 1 amide bonds. The fourth-order valence-corrected chi connectivity index (χ4v) is 2.28. The molecule has 0 spiro atoms. The number of hydrogen-bond donors (Lipinski definition) is 3. The molecule has 0 aliphatic carbocycles. The summed E-state index contributed by atoms with van der Waals surface area (Å²) in [6, 6.07) is 12.4. The zero-order chi connectivity index (χ0) is 18.4. The molecule has 0 aromatic heterocycles. The maximum absolute atomic E-state index is 11.9. The van der Waals surface area contributed by atoms with E-state index in [1.54, 1.807) is 30.3 Å². The fourth-order valence-electron chi connectivity index (χ4n) is 1.96. The Morgan fingerprint density at radius 3 is 2.48 bits per heavy atom. The van der Waals surface area contributed by atoms with Crippen LogP contribution in [0.1, 0.15) is 12.5 Å². The number of hydrogen-bond acceptors (Lipinski definition) is 4. The van der Waals surface area contributed by atoms with Crippen molar-refractivity contribution in [3.63, 3.8) is 0 Å². The second-order valence-electron chi connectivity index (χ2n) is 5.90. The molecular weight excluding hydrogens is 363 g/mol. The second kappa shape index (κ2) is 8.54. The van der Waals surface area contributed by atoms with Crippen molar-refractivity contribution >= 4 is 34.8 Å². The van der Waals surface area contributed by atoms with Crippen molar-refractivity contribution in [1.29, 1.82) is 0 Å². The van der Waals surface area contributed by atoms with Gasteiger partial charge in [0.25, 0.3) is 0 Å². The number of aliphatic hydroxyl groups is 1. The summed E-state index contributed by atoms with van der Waals surface area (Å²) in [5.41, 5.74) is 5.96. The largest absolute Gasteiger partial charge is 0.493 e. The van der Waals surface area contributed by atoms with Crippen molar-refractivity contribution in [3.05, 3.63) is 58.1 Å². The summed E-state index contributed by atoms with van der Waals surface area (Å²) in [7, 11) is 0. The van der Waals surface area contributed by atoms with Gasteiger partial charge in [-0.15, -0.1) is 0 Å². The van der Waals surface area contributed by atoms with Crippen LogP contribution in [0.2, 0.25) is 10.0 Å². The Balaban J connectivity index is 1.86. The van der Waals surface area contributed by atoms with Gasteiger partial charge in [0.2, 0.25) is 5.91 Å². The summed E-state index contributed by atoms with van der Waals surface area (Å²) in [6.45, 7) is 1.51. The van der Waals surface area contributed by atoms with Crippen molar-refractivity contribution < 1.29 is 14.6 Å². The van der Waals surface area contributed by atoms with Crippen molar-refractivity contribution in [1.82, 2.24) is 0 Å². The Morgan fingerprint density at radius 1 is 1.20 bits per heavy atom. The first-order valence-electron chi connectivity index (χ1n) is 7.70. The van der Waals surface area contributed by atoms with Gasteiger partial charge in [0.05, 0.1) is 23.3 Å². The number of amides is 1. The number of nitrogens with two attached hydrogens (primary N) is 1. The zero-order valence-electron chi connectivity index (χ0n) is 13.8. The van der Waals surface area contributed by atoms with Gasteiger partial charge in [-0.25, -0.2) is 0 Å². The van der Waals surface area contributed by atoms with Crippen LogP contribution < -0.4 is 15.8 Å². The lowest BCUT2D eigenvalue weighted by atomic mass is 10.0. The van der Waals surface area contributed by atoms with Crippen LogP contribution in [-0.2, 0) is 11.2 Å². The van der Waals surface area contributed by atoms with Crippen LogP contribution in [0.5, 0.6) is 5.75 Å². The molecule has 0 aliphatic heterocycles. The Morgan fingerprint density at radius 2 is 1.88 bits per heavy atom. The van der Waals surface area contributed by atoms with E-state index in [0.29, 0.717) is 34.5 Å². The van der Waals surface area contributed by atoms with E-state index in [0.717, 1.165) is 5.56 Å². The molecule has 0 heterocycles. The molecule has 7 heteroatoms. The summed E-state index contributed by atoms with van der Waals surface area (Å²) in [5, 5.41) is 12.8. The first-order chi connectivity index (χ1) is 11.8. The monoisotopic (exact) mass is 382 g/mol. The van der Waals surface area contributed by atoms with Gasteiger partial charge in [0, 0.05) is 12.1 Å². The van der Waals surface area contributed by atoms with E-state index in [9.17, 15) is 4.79 Å². The smallest absolute Gasteiger partial charge is 0.246 e. The minimum atomic E-state index is -1.32. The molecule has 2 aromatic carbocycles. The lowest BCUT2D eigenvalue weighted by molar-refractivity contribution is -0.121. The quantitative estimate of drug-likeness (QED) is 0.685. The standard InChI is InChI=1S/C18H20Cl2N2O3/c1-18(21,11-23)17(24)22-13-3-5-14(6-4-13)25-9-8-12-2-7-15(19)16(20)10-12/h2-7,10,23H,8-9,11,21H2,1H3,(H,22,24)/t18-/m0/s1. The third-order valence-electron chi connectivity index (χ3n) is 3.60. The topological polar surface area (TPSA) is 84.6 Å². The molecule has 4 N–H and O–H groups in total. The molecule has 2 aromatic rings. The first-order valence-corrected chi connectivity index (χ1v) is 8.45. The maximum atomic E-state index is 11.9. The summed E-state index contributed by atoms with van der Waals surface area (Å²) >= 11 is 11.9. The van der Waals surface area contributed by atoms with E-state index >= 15 is 0 Å². The molecule has 134 valence electrons. The molecular formula is C18H20Cl2N2O3. The molecule has 0 saturated carbocycles. The van der Waals surface area contributed by atoms with E-state index in [-0.39, 0.29) is 0 Å². The molecule has 1 atom stereocenters. The van der Waals surface area contributed by atoms with Crippen LogP contribution in [0.4, 0.5) is 5.69 Å². The van der Waals surface area contributed by atoms with Crippen LogP contribution in [0, 0.1) is 0 Å². The van der Waals surface area contributed by atoms with Crippen LogP contribution in [-0.4, -0.2) is 29.8 Å². The van der Waals surface area contributed by atoms with Gasteiger partial charge >= 0.3 is 0 Å². The van der Waals surface area contributed by atoms with Crippen molar-refractivity contribution in [2.24, 2.45) is 5.73 Å². The summed E-state index contributed by atoms with van der Waals surface area (Å²) in [5.74, 6) is 0.221. The normalized spacial score (nSPS) is 13.2. The molecule has 0 aliphatic rings. The van der Waals surface area contributed by atoms with Gasteiger partial charge in [-0.05, 0) is 48.9 Å². The van der Waals surface area contributed by atoms with Gasteiger partial charge in [-0.2, -0.15) is 0 Å². The highest BCUT2D eigenvalue weighted by molar-refractivity contribution is 6.42. The number of nitrogens with one attached hydrogen (secondary N) is 1. The number of anilines is 1. The van der Waals surface area contributed by atoms with E-state index < -0.39 is 18.1 Å². The number of carbonyl (C=O) groups excluding carboxylic acids is 1. The minimum absolute atomic E-state index is 0.436. The molecule has 0 saturated heterocycles. The average Bonchev–Trinajstić information content (AvgIpc) is 2.59. The maximum Gasteiger partial charge on any atom is 0.246 e. The average molecular weight is 383 g/mol. The number of benzene rings is 2. The minimum Gasteiger partial charge on any atom is -0.493 e. The number of rotatable bonds is 7. The van der Waals surface area contributed by atoms with E-state index in [2.05, 4.69) is 5.32 Å². The van der Waals surface area contributed by atoms with Crippen LogP contribution in [0.3, 0.4) is 0 Å². The SMILES string of the molecule is C[C@](N)(CO)C(=O)Nc1ccc(OCCc2ccc(Cl)c(Cl)c2)cc1. The van der Waals surface area contributed by atoms with Crippen LogP contribution >= 0.6 is 23.2 Å². The number of ether oxygens (including phenoxy) is 1. The third-order valence-corrected chi connectivity index (χ3v) is 4.34. The fraction of sp³-hybridized carbons (Fsp3) is 0.278. The Hall–Kier alpha value is -1.79. The lowest BCUT2D eigenvalue weighted by Gasteiger charge is -2.20. The molecule has 0 fully saturated rings. The van der Waals surface area contributed by atoms with E-state index in [4.69, 9.17) is 38.8 Å². The first kappa shape index (κ1) is 19.5. The molecule has 2 rings (SSSR count). The van der Waals surface area contributed by atoms with Gasteiger partial charge in [-0.3, -0.25) is 4.79 Å². The Labute approximate surface area is 156 Å². The van der Waals surface area contributed by atoms with Gasteiger partial charge in [0.1, 0.15) is 11.3 Å². The molecule has 0 bridgehead atoms. The molecule has 0 unspecified atom stereocenters. The van der Waals surface area contributed by atoms with Crippen LogP contribution in [0.15, 0.2) is 42.5 Å². The van der Waals surface area contributed by atoms with E-state index in [1.165, 1.54) is 6.92 Å². The van der Waals surface area contributed by atoms with Crippen molar-refractivity contribution in [3.8, 4) is 5.75 Å². The summed E-state index contributed by atoms with van der Waals surface area (Å²) < 4.78 is 5.67. The predicted molar refractivity (Wildman–Crippen MR) is 100 cm³/mol. The van der Waals surface area contributed by atoms with Gasteiger partial charge in [0.15, 0.2) is 0 Å². The highest BCUT2D eigenvalue weighted by Gasteiger charge is 2.27. The van der Waals surface area contributed by atoms with E-state index in [1.807, 2.05) is 12.1 Å². The summed E-state index contributed by atoms with van der Waals surface area (Å²) in [4.78, 5) is 11.9. The third kappa shape index (κ3) is 5.61. The number of halogens is 2. The Bertz CT molecular complexity index is 734. The second-order valence-corrected chi connectivity index (χ2v) is 6.72. The number of aliphatic hydroxyl groups excluding tert-OH is 1. The van der Waals surface area contributed by atoms with Gasteiger partial charge < -0.3 is 20.9 Å². The van der Waals surface area contributed by atoms with Crippen molar-refractivity contribution in [2.45, 2.75) is 18.9 Å². The number of carbonyl (C=O) groups is 1. The zero-order valence-corrected chi connectivity index (χ0v) is 15.3. The summed E-state index contributed by atoms with van der Waals surface area (Å²) in [6.07, 6.45) is 0.692. The Kier molecular flexibility index (Phi) is 6.67. The van der Waals surface area contributed by atoms with Gasteiger partial charge in [-0.1, -0.05) is 29.3 Å². The van der Waals surface area contributed by atoms with Crippen molar-refractivity contribution in [2.75, 3.05) is 18.5 Å². The lowest BCUT2D eigenvalue weighted by Crippen LogP contribution is -2.51. The predicted octanol–water partition coefficient (Wildman–Crippen LogP) is 3.26. The highest BCUT2D eigenvalue weighted by atomic mass is 35.5. The molecule has 0 radical (unpaired) electrons. The molecule has 5 nitrogen and oxygen atoms in total.